The third-order valence-corrected chi connectivity index (χ3v) is 5.02. The Balaban J connectivity index is 1.73. The highest BCUT2D eigenvalue weighted by Gasteiger charge is 2.31. The smallest absolute Gasteiger partial charge is 0.406 e. The van der Waals surface area contributed by atoms with Gasteiger partial charge in [0.25, 0.3) is 0 Å². The molecule has 2 aromatic carbocycles. The Kier molecular flexibility index (Phi) is 6.30. The van der Waals surface area contributed by atoms with Crippen LogP contribution in [0, 0.1) is 0 Å². The van der Waals surface area contributed by atoms with E-state index in [1.54, 1.807) is 10.9 Å². The molecule has 0 spiro atoms. The monoisotopic (exact) mass is 495 g/mol. The van der Waals surface area contributed by atoms with Gasteiger partial charge in [0.1, 0.15) is 11.3 Å². The summed E-state index contributed by atoms with van der Waals surface area (Å²) in [5.41, 5.74) is 0.621. The highest BCUT2D eigenvalue weighted by atomic mass is 19.4. The second kappa shape index (κ2) is 9.08. The summed E-state index contributed by atoms with van der Waals surface area (Å²) in [6.45, 7) is 3.80. The van der Waals surface area contributed by atoms with Crippen LogP contribution in [0.5, 0.6) is 5.75 Å². The maximum Gasteiger partial charge on any atom is 0.573 e. The van der Waals surface area contributed by atoms with Crippen molar-refractivity contribution in [3.63, 3.8) is 0 Å². The van der Waals surface area contributed by atoms with E-state index in [2.05, 4.69) is 25.0 Å². The lowest BCUT2D eigenvalue weighted by atomic mass is 10.1. The Hall–Kier alpha value is -3.83. The minimum Gasteiger partial charge on any atom is -0.406 e. The predicted molar refractivity (Wildman–Crippen MR) is 117 cm³/mol. The third kappa shape index (κ3) is 5.64. The van der Waals surface area contributed by atoms with Crippen LogP contribution in [-0.2, 0) is 12.7 Å². The van der Waals surface area contributed by atoms with Crippen LogP contribution < -0.4 is 10.1 Å². The number of aromatic nitrogens is 4. The van der Waals surface area contributed by atoms with E-state index >= 15 is 0 Å². The van der Waals surface area contributed by atoms with Crippen LogP contribution in [-0.4, -0.2) is 25.9 Å². The molecule has 35 heavy (non-hydrogen) atoms. The van der Waals surface area contributed by atoms with Crippen molar-refractivity contribution in [3.05, 3.63) is 66.0 Å². The summed E-state index contributed by atoms with van der Waals surface area (Å²) >= 11 is 0. The van der Waals surface area contributed by atoms with Crippen LogP contribution >= 0.6 is 0 Å². The quantitative estimate of drug-likeness (QED) is 0.305. The van der Waals surface area contributed by atoms with Crippen LogP contribution in [0.25, 0.3) is 22.6 Å². The fourth-order valence-corrected chi connectivity index (χ4v) is 3.42. The Morgan fingerprint density at radius 2 is 1.71 bits per heavy atom. The van der Waals surface area contributed by atoms with Gasteiger partial charge in [0.15, 0.2) is 17.3 Å². The van der Waals surface area contributed by atoms with Crippen molar-refractivity contribution in [2.45, 2.75) is 39.0 Å². The van der Waals surface area contributed by atoms with Crippen molar-refractivity contribution in [2.75, 3.05) is 5.32 Å². The molecule has 2 aromatic heterocycles. The number of ether oxygens (including phenoxy) is 1. The van der Waals surface area contributed by atoms with Crippen LogP contribution in [0.15, 0.2) is 54.9 Å². The molecule has 0 saturated heterocycles. The van der Waals surface area contributed by atoms with Crippen molar-refractivity contribution in [1.29, 1.82) is 0 Å². The Morgan fingerprint density at radius 1 is 0.971 bits per heavy atom. The zero-order valence-electron chi connectivity index (χ0n) is 18.4. The molecule has 12 heteroatoms. The summed E-state index contributed by atoms with van der Waals surface area (Å²) in [6.07, 6.45) is -7.80. The van der Waals surface area contributed by atoms with Gasteiger partial charge in [-0.05, 0) is 43.7 Å². The summed E-state index contributed by atoms with van der Waals surface area (Å²) in [4.78, 5) is 13.2. The number of hydrogen-bond donors (Lipinski definition) is 1. The summed E-state index contributed by atoms with van der Waals surface area (Å²) in [7, 11) is 0. The van der Waals surface area contributed by atoms with Gasteiger partial charge in [0.2, 0.25) is 0 Å². The minimum absolute atomic E-state index is 0.00123. The van der Waals surface area contributed by atoms with Crippen molar-refractivity contribution < 1.29 is 31.1 Å². The summed E-state index contributed by atoms with van der Waals surface area (Å²) in [5, 5.41) is 2.99. The number of imidazole rings is 1. The van der Waals surface area contributed by atoms with E-state index in [-0.39, 0.29) is 29.8 Å². The normalized spacial score (nSPS) is 12.4. The van der Waals surface area contributed by atoms with E-state index in [0.29, 0.717) is 16.7 Å². The predicted octanol–water partition coefficient (Wildman–Crippen LogP) is 6.60. The number of fused-ring (bicyclic) bond motifs is 1. The first-order valence-corrected chi connectivity index (χ1v) is 10.4. The molecule has 0 bridgehead atoms. The van der Waals surface area contributed by atoms with Crippen LogP contribution in [0.1, 0.15) is 31.0 Å². The van der Waals surface area contributed by atoms with E-state index in [0.717, 1.165) is 24.3 Å². The van der Waals surface area contributed by atoms with Crippen molar-refractivity contribution >= 4 is 17.0 Å². The molecule has 0 fully saturated rings. The molecule has 0 aliphatic heterocycles. The zero-order chi connectivity index (χ0) is 25.4. The maximum atomic E-state index is 13.1. The van der Waals surface area contributed by atoms with Crippen LogP contribution in [0.3, 0.4) is 0 Å². The van der Waals surface area contributed by atoms with Crippen molar-refractivity contribution in [3.8, 4) is 17.1 Å². The average molecular weight is 495 g/mol. The molecule has 0 atom stereocenters. The highest BCUT2D eigenvalue weighted by molar-refractivity contribution is 5.85. The molecule has 6 nitrogen and oxygen atoms in total. The Bertz CT molecular complexity index is 1350. The molecule has 0 aliphatic carbocycles. The number of nitrogens with zero attached hydrogens (tertiary/aromatic N) is 4. The second-order valence-electron chi connectivity index (χ2n) is 7.94. The molecule has 0 amide bonds. The molecule has 0 aliphatic rings. The summed E-state index contributed by atoms with van der Waals surface area (Å²) in [5.74, 6) is -0.113. The fraction of sp³-hybridized carbons (Fsp3) is 0.261. The first-order valence-electron chi connectivity index (χ1n) is 10.4. The molecule has 184 valence electrons. The number of nitrogens with one attached hydrogen (secondary N) is 1. The number of rotatable bonds is 6. The van der Waals surface area contributed by atoms with Gasteiger partial charge in [0.05, 0.1) is 11.9 Å². The van der Waals surface area contributed by atoms with E-state index in [1.165, 1.54) is 24.3 Å². The van der Waals surface area contributed by atoms with Gasteiger partial charge < -0.3 is 14.6 Å². The first-order chi connectivity index (χ1) is 16.4. The largest absolute Gasteiger partial charge is 0.573 e. The Morgan fingerprint density at radius 3 is 2.40 bits per heavy atom. The maximum absolute atomic E-state index is 13.1. The lowest BCUT2D eigenvalue weighted by Gasteiger charge is -2.13. The first kappa shape index (κ1) is 24.3. The molecule has 4 rings (SSSR count). The molecular weight excluding hydrogens is 476 g/mol. The van der Waals surface area contributed by atoms with E-state index in [4.69, 9.17) is 0 Å². The van der Waals surface area contributed by atoms with Crippen molar-refractivity contribution in [1.82, 2.24) is 19.5 Å². The van der Waals surface area contributed by atoms with Gasteiger partial charge in [-0.25, -0.2) is 15.0 Å². The van der Waals surface area contributed by atoms with Gasteiger partial charge in [-0.1, -0.05) is 24.3 Å². The Labute approximate surface area is 195 Å². The van der Waals surface area contributed by atoms with Gasteiger partial charge in [0, 0.05) is 18.2 Å². The molecular formula is C23H19F6N5O. The van der Waals surface area contributed by atoms with Crippen LogP contribution in [0.4, 0.5) is 32.2 Å². The van der Waals surface area contributed by atoms with Crippen LogP contribution in [0.2, 0.25) is 0 Å². The zero-order valence-corrected chi connectivity index (χ0v) is 18.4. The summed E-state index contributed by atoms with van der Waals surface area (Å²) in [6, 6.07) is 10.0. The van der Waals surface area contributed by atoms with E-state index in [9.17, 15) is 26.3 Å². The van der Waals surface area contributed by atoms with Gasteiger partial charge in [-0.2, -0.15) is 13.2 Å². The van der Waals surface area contributed by atoms with Gasteiger partial charge in [-0.15, -0.1) is 13.2 Å². The lowest BCUT2D eigenvalue weighted by Crippen LogP contribution is -2.17. The number of alkyl halides is 6. The van der Waals surface area contributed by atoms with E-state index < -0.39 is 23.9 Å². The topological polar surface area (TPSA) is 64.9 Å². The molecule has 2 heterocycles. The minimum atomic E-state index is -4.86. The number of benzene rings is 2. The van der Waals surface area contributed by atoms with Crippen molar-refractivity contribution in [2.24, 2.45) is 0 Å². The SMILES string of the molecule is CC(C)n1cnc2c(NCc3cccc(C(F)(F)F)c3)nc(-c3cccc(OC(F)(F)F)c3)nc21. The second-order valence-corrected chi connectivity index (χ2v) is 7.94. The van der Waals surface area contributed by atoms with Gasteiger partial charge >= 0.3 is 12.5 Å². The molecule has 4 aromatic rings. The number of anilines is 1. The molecule has 0 unspecified atom stereocenters. The number of halogens is 6. The molecule has 0 radical (unpaired) electrons. The lowest BCUT2D eigenvalue weighted by molar-refractivity contribution is -0.274. The van der Waals surface area contributed by atoms with E-state index in [1.807, 2.05) is 13.8 Å². The number of hydrogen-bond acceptors (Lipinski definition) is 5. The molecule has 0 saturated carbocycles. The molecule has 1 N–H and O–H groups in total. The fourth-order valence-electron chi connectivity index (χ4n) is 3.42. The highest BCUT2D eigenvalue weighted by Crippen LogP contribution is 2.31. The summed E-state index contributed by atoms with van der Waals surface area (Å²) < 4.78 is 82.9. The third-order valence-electron chi connectivity index (χ3n) is 5.02. The van der Waals surface area contributed by atoms with Gasteiger partial charge in [-0.3, -0.25) is 0 Å². The average Bonchev–Trinajstić information content (AvgIpc) is 3.20. The standard InChI is InChI=1S/C23H19F6N5O/c1-13(2)34-12-31-18-20(30-11-14-5-3-7-16(9-14)22(24,25)26)32-19(33-21(18)34)15-6-4-8-17(10-15)35-23(27,28)29/h3-10,12-13H,11H2,1-2H3,(H,30,32,33).